The minimum absolute atomic E-state index is 0.426. The molecule has 0 aliphatic rings. The number of ether oxygens (including phenoxy) is 1. The van der Waals surface area contributed by atoms with Crippen LogP contribution < -0.4 is 4.74 Å². The third-order valence-electron chi connectivity index (χ3n) is 2.34. The van der Waals surface area contributed by atoms with Crippen LogP contribution in [-0.4, -0.2) is 4.98 Å². The average molecular weight is 347 g/mol. The van der Waals surface area contributed by atoms with Crippen molar-refractivity contribution in [2.75, 3.05) is 0 Å². The van der Waals surface area contributed by atoms with Crippen molar-refractivity contribution in [3.8, 4) is 5.75 Å². The van der Waals surface area contributed by atoms with E-state index in [4.69, 9.17) is 27.9 Å². The van der Waals surface area contributed by atoms with Crippen LogP contribution in [-0.2, 0) is 11.9 Å². The van der Waals surface area contributed by atoms with Gasteiger partial charge in [-0.2, -0.15) is 0 Å². The maximum absolute atomic E-state index is 6.13. The number of alkyl halides is 1. The SMILES string of the molecule is Clc1cc(Cl)c(OCc2cccnc2)c(CBr)c1. The summed E-state index contributed by atoms with van der Waals surface area (Å²) in [4.78, 5) is 4.03. The number of halogens is 3. The first-order chi connectivity index (χ1) is 8.70. The summed E-state index contributed by atoms with van der Waals surface area (Å²) < 4.78 is 5.74. The Bertz CT molecular complexity index is 534. The van der Waals surface area contributed by atoms with Crippen LogP contribution in [0.25, 0.3) is 0 Å². The quantitative estimate of drug-likeness (QED) is 0.737. The Labute approximate surface area is 124 Å². The fourth-order valence-corrected chi connectivity index (χ4v) is 2.52. The van der Waals surface area contributed by atoms with Crippen molar-refractivity contribution in [1.82, 2.24) is 4.98 Å². The molecule has 1 aromatic carbocycles. The highest BCUT2D eigenvalue weighted by Gasteiger charge is 2.10. The fraction of sp³-hybridized carbons (Fsp3) is 0.154. The van der Waals surface area contributed by atoms with Crippen LogP contribution in [0, 0.1) is 0 Å². The molecule has 0 aliphatic heterocycles. The first-order valence-electron chi connectivity index (χ1n) is 5.26. The van der Waals surface area contributed by atoms with Gasteiger partial charge in [-0.05, 0) is 18.2 Å². The van der Waals surface area contributed by atoms with Gasteiger partial charge < -0.3 is 4.74 Å². The van der Waals surface area contributed by atoms with E-state index in [2.05, 4.69) is 20.9 Å². The van der Waals surface area contributed by atoms with Crippen LogP contribution >= 0.6 is 39.1 Å². The normalized spacial score (nSPS) is 10.4. The largest absolute Gasteiger partial charge is 0.487 e. The van der Waals surface area contributed by atoms with Crippen molar-refractivity contribution < 1.29 is 4.74 Å². The van der Waals surface area contributed by atoms with Gasteiger partial charge in [0.2, 0.25) is 0 Å². The number of benzene rings is 1. The molecule has 0 radical (unpaired) electrons. The second kappa shape index (κ2) is 6.41. The third kappa shape index (κ3) is 3.37. The van der Waals surface area contributed by atoms with E-state index in [1.807, 2.05) is 18.2 Å². The zero-order valence-corrected chi connectivity index (χ0v) is 12.5. The molecule has 5 heteroatoms. The molecule has 0 saturated carbocycles. The van der Waals surface area contributed by atoms with Crippen LogP contribution in [0.2, 0.25) is 10.0 Å². The van der Waals surface area contributed by atoms with Gasteiger partial charge in [0.15, 0.2) is 0 Å². The molecular formula is C13H10BrCl2NO. The minimum Gasteiger partial charge on any atom is -0.487 e. The van der Waals surface area contributed by atoms with Crippen molar-refractivity contribution >= 4 is 39.1 Å². The van der Waals surface area contributed by atoms with Gasteiger partial charge >= 0.3 is 0 Å². The number of pyridine rings is 1. The third-order valence-corrected chi connectivity index (χ3v) is 3.44. The van der Waals surface area contributed by atoms with E-state index in [0.29, 0.717) is 27.7 Å². The summed E-state index contributed by atoms with van der Waals surface area (Å²) in [5.41, 5.74) is 1.92. The number of hydrogen-bond acceptors (Lipinski definition) is 2. The molecule has 94 valence electrons. The number of nitrogens with zero attached hydrogens (tertiary/aromatic N) is 1. The highest BCUT2D eigenvalue weighted by Crippen LogP contribution is 2.34. The molecule has 2 nitrogen and oxygen atoms in total. The summed E-state index contributed by atoms with van der Waals surface area (Å²) >= 11 is 15.5. The summed E-state index contributed by atoms with van der Waals surface area (Å²) in [6, 6.07) is 7.33. The predicted octanol–water partition coefficient (Wildman–Crippen LogP) is 4.86. The summed E-state index contributed by atoms with van der Waals surface area (Å²) in [5, 5.41) is 1.75. The van der Waals surface area contributed by atoms with Gasteiger partial charge in [0, 0.05) is 33.9 Å². The molecule has 18 heavy (non-hydrogen) atoms. The maximum atomic E-state index is 6.13. The molecule has 0 atom stereocenters. The molecule has 0 saturated heterocycles. The Morgan fingerprint density at radius 1 is 1.28 bits per heavy atom. The molecular weight excluding hydrogens is 337 g/mol. The standard InChI is InChI=1S/C13H10BrCl2NO/c14-6-10-4-11(15)5-12(16)13(10)18-8-9-2-1-3-17-7-9/h1-5,7H,6,8H2. The van der Waals surface area contributed by atoms with Crippen LogP contribution in [0.15, 0.2) is 36.7 Å². The Balaban J connectivity index is 2.19. The Morgan fingerprint density at radius 2 is 2.11 bits per heavy atom. The van der Waals surface area contributed by atoms with E-state index in [-0.39, 0.29) is 0 Å². The van der Waals surface area contributed by atoms with Gasteiger partial charge in [0.25, 0.3) is 0 Å². The Morgan fingerprint density at radius 3 is 2.78 bits per heavy atom. The lowest BCUT2D eigenvalue weighted by atomic mass is 10.2. The van der Waals surface area contributed by atoms with Crippen LogP contribution in [0.5, 0.6) is 5.75 Å². The molecule has 0 N–H and O–H groups in total. The van der Waals surface area contributed by atoms with E-state index in [0.717, 1.165) is 11.1 Å². The molecule has 0 fully saturated rings. The lowest BCUT2D eigenvalue weighted by molar-refractivity contribution is 0.303. The van der Waals surface area contributed by atoms with Gasteiger partial charge in [0.1, 0.15) is 12.4 Å². The smallest absolute Gasteiger partial charge is 0.142 e. The zero-order chi connectivity index (χ0) is 13.0. The van der Waals surface area contributed by atoms with E-state index < -0.39 is 0 Å². The second-order valence-corrected chi connectivity index (χ2v) is 5.06. The molecule has 0 unspecified atom stereocenters. The summed E-state index contributed by atoms with van der Waals surface area (Å²) in [6.45, 7) is 0.426. The fourth-order valence-electron chi connectivity index (χ4n) is 1.51. The Kier molecular flexibility index (Phi) is 4.87. The van der Waals surface area contributed by atoms with E-state index in [9.17, 15) is 0 Å². The van der Waals surface area contributed by atoms with Crippen LogP contribution in [0.4, 0.5) is 0 Å². The van der Waals surface area contributed by atoms with Gasteiger partial charge in [-0.3, -0.25) is 4.98 Å². The summed E-state index contributed by atoms with van der Waals surface area (Å²) in [7, 11) is 0. The second-order valence-electron chi connectivity index (χ2n) is 3.66. The maximum Gasteiger partial charge on any atom is 0.142 e. The molecule has 0 spiro atoms. The van der Waals surface area contributed by atoms with Gasteiger partial charge in [-0.15, -0.1) is 0 Å². The van der Waals surface area contributed by atoms with Crippen molar-refractivity contribution in [2.45, 2.75) is 11.9 Å². The van der Waals surface area contributed by atoms with Crippen LogP contribution in [0.3, 0.4) is 0 Å². The molecule has 0 bridgehead atoms. The monoisotopic (exact) mass is 345 g/mol. The molecule has 1 aromatic heterocycles. The molecule has 2 rings (SSSR count). The topological polar surface area (TPSA) is 22.1 Å². The predicted molar refractivity (Wildman–Crippen MR) is 77.7 cm³/mol. The van der Waals surface area contributed by atoms with Crippen molar-refractivity contribution in [3.05, 3.63) is 57.8 Å². The number of hydrogen-bond donors (Lipinski definition) is 0. The molecule has 0 aliphatic carbocycles. The first-order valence-corrected chi connectivity index (χ1v) is 7.14. The van der Waals surface area contributed by atoms with E-state index >= 15 is 0 Å². The molecule has 1 heterocycles. The Hall–Kier alpha value is -0.770. The average Bonchev–Trinajstić information content (AvgIpc) is 2.38. The highest BCUT2D eigenvalue weighted by atomic mass is 79.9. The van der Waals surface area contributed by atoms with E-state index in [1.165, 1.54) is 0 Å². The zero-order valence-electron chi connectivity index (χ0n) is 9.37. The van der Waals surface area contributed by atoms with Gasteiger partial charge in [-0.1, -0.05) is 45.2 Å². The van der Waals surface area contributed by atoms with E-state index in [1.54, 1.807) is 18.5 Å². The summed E-state index contributed by atoms with van der Waals surface area (Å²) in [6.07, 6.45) is 3.49. The van der Waals surface area contributed by atoms with Crippen molar-refractivity contribution in [3.63, 3.8) is 0 Å². The number of aromatic nitrogens is 1. The molecule has 2 aromatic rings. The van der Waals surface area contributed by atoms with Crippen LogP contribution in [0.1, 0.15) is 11.1 Å². The van der Waals surface area contributed by atoms with Gasteiger partial charge in [0.05, 0.1) is 5.02 Å². The summed E-state index contributed by atoms with van der Waals surface area (Å²) in [5.74, 6) is 0.654. The molecule has 0 amide bonds. The van der Waals surface area contributed by atoms with Crippen molar-refractivity contribution in [1.29, 1.82) is 0 Å². The number of rotatable bonds is 4. The lowest BCUT2D eigenvalue weighted by Gasteiger charge is -2.12. The van der Waals surface area contributed by atoms with Gasteiger partial charge in [-0.25, -0.2) is 0 Å². The first kappa shape index (κ1) is 13.7. The highest BCUT2D eigenvalue weighted by molar-refractivity contribution is 9.08. The lowest BCUT2D eigenvalue weighted by Crippen LogP contribution is -1.99. The van der Waals surface area contributed by atoms with Crippen molar-refractivity contribution in [2.24, 2.45) is 0 Å². The minimum atomic E-state index is 0.426.